The van der Waals surface area contributed by atoms with E-state index < -0.39 is 10.0 Å². The van der Waals surface area contributed by atoms with Gasteiger partial charge in [0.25, 0.3) is 0 Å². The van der Waals surface area contributed by atoms with Gasteiger partial charge >= 0.3 is 0 Å². The number of aromatic nitrogens is 1. The van der Waals surface area contributed by atoms with Gasteiger partial charge < -0.3 is 15.7 Å². The van der Waals surface area contributed by atoms with Crippen molar-refractivity contribution >= 4 is 32.4 Å². The van der Waals surface area contributed by atoms with Crippen LogP contribution in [0.3, 0.4) is 0 Å². The van der Waals surface area contributed by atoms with Crippen LogP contribution in [0.4, 0.5) is 10.8 Å². The summed E-state index contributed by atoms with van der Waals surface area (Å²) in [6.45, 7) is 0.359. The van der Waals surface area contributed by atoms with Gasteiger partial charge in [0.15, 0.2) is 10.7 Å². The molecule has 0 unspecified atom stereocenters. The topological polar surface area (TPSA) is 99.8 Å². The van der Waals surface area contributed by atoms with Crippen molar-refractivity contribution in [1.29, 1.82) is 0 Å². The number of hydrogen-bond acceptors (Lipinski definition) is 7. The molecule has 1 aliphatic rings. The van der Waals surface area contributed by atoms with Crippen LogP contribution in [0.1, 0.15) is 25.7 Å². The van der Waals surface area contributed by atoms with E-state index in [9.17, 15) is 13.5 Å². The van der Waals surface area contributed by atoms with Gasteiger partial charge in [-0.25, -0.2) is 12.7 Å². The molecule has 7 nitrogen and oxygen atoms in total. The predicted octanol–water partition coefficient (Wildman–Crippen LogP) is 0.717. The van der Waals surface area contributed by atoms with Crippen LogP contribution in [-0.4, -0.2) is 55.5 Å². The molecule has 9 heteroatoms. The third kappa shape index (κ3) is 3.15. The van der Waals surface area contributed by atoms with Crippen molar-refractivity contribution in [3.05, 3.63) is 0 Å². The lowest BCUT2D eigenvalue weighted by atomic mass is 10.2. The predicted molar refractivity (Wildman–Crippen MR) is 84.1 cm³/mol. The second-order valence-corrected chi connectivity index (χ2v) is 8.19. The summed E-state index contributed by atoms with van der Waals surface area (Å²) in [5.41, 5.74) is 5.80. The Hall–Kier alpha value is -0.900. The third-order valence-electron chi connectivity index (χ3n) is 3.76. The Morgan fingerprint density at radius 2 is 2.00 bits per heavy atom. The second-order valence-electron chi connectivity index (χ2n) is 5.34. The van der Waals surface area contributed by atoms with Crippen LogP contribution < -0.4 is 10.6 Å². The van der Waals surface area contributed by atoms with Crippen molar-refractivity contribution < 1.29 is 13.5 Å². The van der Waals surface area contributed by atoms with E-state index in [1.54, 1.807) is 0 Å². The highest BCUT2D eigenvalue weighted by Crippen LogP contribution is 2.39. The number of nitrogens with zero attached hydrogens (tertiary/aromatic N) is 3. The van der Waals surface area contributed by atoms with Gasteiger partial charge in [0.1, 0.15) is 5.00 Å². The lowest BCUT2D eigenvalue weighted by Gasteiger charge is -2.29. The molecular weight excluding hydrogens is 312 g/mol. The van der Waals surface area contributed by atoms with Crippen LogP contribution in [-0.2, 0) is 10.0 Å². The Labute approximate surface area is 129 Å². The molecule has 1 saturated carbocycles. The molecule has 0 atom stereocenters. The first-order valence-electron chi connectivity index (χ1n) is 6.94. The van der Waals surface area contributed by atoms with E-state index in [0.29, 0.717) is 11.5 Å². The van der Waals surface area contributed by atoms with Crippen molar-refractivity contribution in [3.8, 4) is 0 Å². The zero-order chi connectivity index (χ0) is 15.6. The first kappa shape index (κ1) is 16.5. The minimum atomic E-state index is -3.65. The maximum atomic E-state index is 12.5. The molecule has 1 aromatic heterocycles. The molecule has 2 rings (SSSR count). The number of anilines is 2. The number of hydrogen-bond donors (Lipinski definition) is 2. The van der Waals surface area contributed by atoms with E-state index >= 15 is 0 Å². The second kappa shape index (κ2) is 6.47. The number of sulfonamides is 1. The van der Waals surface area contributed by atoms with Crippen molar-refractivity contribution in [2.45, 2.75) is 36.6 Å². The zero-order valence-electron chi connectivity index (χ0n) is 12.3. The molecule has 0 radical (unpaired) electrons. The summed E-state index contributed by atoms with van der Waals surface area (Å²) in [5.74, 6) is 0.0321. The Bertz CT molecular complexity index is 579. The molecule has 120 valence electrons. The van der Waals surface area contributed by atoms with E-state index in [1.807, 2.05) is 4.90 Å². The van der Waals surface area contributed by atoms with Crippen molar-refractivity contribution in [2.75, 3.05) is 37.9 Å². The third-order valence-corrected chi connectivity index (χ3v) is 6.67. The molecule has 0 bridgehead atoms. The van der Waals surface area contributed by atoms with Crippen molar-refractivity contribution in [2.24, 2.45) is 0 Å². The van der Waals surface area contributed by atoms with Crippen molar-refractivity contribution in [1.82, 2.24) is 8.68 Å². The molecule has 1 aromatic rings. The maximum absolute atomic E-state index is 12.5. The molecule has 0 spiro atoms. The lowest BCUT2D eigenvalue weighted by Crippen LogP contribution is -2.36. The fourth-order valence-corrected chi connectivity index (χ4v) is 4.97. The monoisotopic (exact) mass is 334 g/mol. The standard InChI is InChI=1S/C12H22N4O3S2/c1-15(2)21(18,19)10-11(13)14-20-12(10)16(7-8-17)9-5-3-4-6-9/h9,17H,3-8H2,1-2H3,(H2,13,14). The van der Waals surface area contributed by atoms with Crippen LogP contribution in [0.15, 0.2) is 4.90 Å². The number of rotatable bonds is 6. The number of aliphatic hydroxyl groups excluding tert-OH is 1. The summed E-state index contributed by atoms with van der Waals surface area (Å²) in [7, 11) is -0.706. The van der Waals surface area contributed by atoms with Gasteiger partial charge in [-0.3, -0.25) is 0 Å². The van der Waals surface area contributed by atoms with Gasteiger partial charge in [-0.15, -0.1) is 0 Å². The lowest BCUT2D eigenvalue weighted by molar-refractivity contribution is 0.297. The minimum Gasteiger partial charge on any atom is -0.395 e. The van der Waals surface area contributed by atoms with Crippen molar-refractivity contribution in [3.63, 3.8) is 0 Å². The van der Waals surface area contributed by atoms with Gasteiger partial charge in [0.05, 0.1) is 6.61 Å². The molecule has 3 N–H and O–H groups in total. The van der Waals surface area contributed by atoms with Crippen LogP contribution >= 0.6 is 11.5 Å². The summed E-state index contributed by atoms with van der Waals surface area (Å²) >= 11 is 1.09. The van der Waals surface area contributed by atoms with Crippen LogP contribution in [0.2, 0.25) is 0 Å². The molecule has 1 fully saturated rings. The Morgan fingerprint density at radius 3 is 2.52 bits per heavy atom. The fourth-order valence-electron chi connectivity index (χ4n) is 2.67. The summed E-state index contributed by atoms with van der Waals surface area (Å²) in [6.07, 6.45) is 4.24. The highest BCUT2D eigenvalue weighted by atomic mass is 32.2. The molecular formula is C12H22N4O3S2. The number of aliphatic hydroxyl groups is 1. The average molecular weight is 334 g/mol. The van der Waals surface area contributed by atoms with Crippen LogP contribution in [0.25, 0.3) is 0 Å². The first-order valence-corrected chi connectivity index (χ1v) is 9.16. The Morgan fingerprint density at radius 1 is 1.38 bits per heavy atom. The normalized spacial score (nSPS) is 16.8. The molecule has 1 aliphatic carbocycles. The maximum Gasteiger partial charge on any atom is 0.249 e. The van der Waals surface area contributed by atoms with E-state index in [0.717, 1.165) is 41.5 Å². The summed E-state index contributed by atoms with van der Waals surface area (Å²) in [6, 6.07) is 0.244. The average Bonchev–Trinajstić information content (AvgIpc) is 3.05. The summed E-state index contributed by atoms with van der Waals surface area (Å²) in [4.78, 5) is 2.02. The van der Waals surface area contributed by atoms with E-state index in [-0.39, 0.29) is 23.4 Å². The van der Waals surface area contributed by atoms with E-state index in [4.69, 9.17) is 5.73 Å². The van der Waals surface area contributed by atoms with Gasteiger partial charge in [-0.05, 0) is 24.4 Å². The summed E-state index contributed by atoms with van der Waals surface area (Å²) in [5, 5.41) is 9.86. The number of nitrogens with two attached hydrogens (primary N) is 1. The zero-order valence-corrected chi connectivity index (χ0v) is 14.0. The number of nitrogen functional groups attached to an aromatic ring is 1. The van der Waals surface area contributed by atoms with E-state index in [2.05, 4.69) is 4.37 Å². The van der Waals surface area contributed by atoms with Crippen LogP contribution in [0.5, 0.6) is 0 Å². The Balaban J connectivity index is 2.47. The molecule has 0 saturated heterocycles. The van der Waals surface area contributed by atoms with Gasteiger partial charge in [0.2, 0.25) is 10.0 Å². The molecule has 0 aliphatic heterocycles. The Kier molecular flexibility index (Phi) is 5.07. The molecule has 1 heterocycles. The smallest absolute Gasteiger partial charge is 0.249 e. The molecule has 0 aromatic carbocycles. The van der Waals surface area contributed by atoms with Gasteiger partial charge in [0, 0.05) is 26.7 Å². The highest BCUT2D eigenvalue weighted by Gasteiger charge is 2.33. The van der Waals surface area contributed by atoms with Gasteiger partial charge in [-0.1, -0.05) is 12.8 Å². The molecule has 0 amide bonds. The fraction of sp³-hybridized carbons (Fsp3) is 0.750. The highest BCUT2D eigenvalue weighted by molar-refractivity contribution is 7.89. The summed E-state index contributed by atoms with van der Waals surface area (Å²) < 4.78 is 30.1. The van der Waals surface area contributed by atoms with Gasteiger partial charge in [-0.2, -0.15) is 4.37 Å². The van der Waals surface area contributed by atoms with Crippen LogP contribution in [0, 0.1) is 0 Å². The van der Waals surface area contributed by atoms with E-state index in [1.165, 1.54) is 14.1 Å². The quantitative estimate of drug-likeness (QED) is 0.795. The minimum absolute atomic E-state index is 0.0320. The first-order chi connectivity index (χ1) is 9.89. The molecule has 21 heavy (non-hydrogen) atoms. The largest absolute Gasteiger partial charge is 0.395 e. The SMILES string of the molecule is CN(C)S(=O)(=O)c1c(N)nsc1N(CCO)C1CCCC1.